The Bertz CT molecular complexity index is 1040. The first-order chi connectivity index (χ1) is 14.5. The molecular formula is C22H19Cl2N3O3. The molecule has 30 heavy (non-hydrogen) atoms. The second-order valence-corrected chi connectivity index (χ2v) is 7.93. The lowest BCUT2D eigenvalue weighted by Gasteiger charge is -2.26. The van der Waals surface area contributed by atoms with Crippen LogP contribution in [0.25, 0.3) is 0 Å². The molecule has 154 valence electrons. The fraction of sp³-hybridized carbons (Fsp3) is 0.227. The normalized spacial score (nSPS) is 17.0. The maximum Gasteiger partial charge on any atom is 0.283 e. The molecule has 0 unspecified atom stereocenters. The van der Waals surface area contributed by atoms with Gasteiger partial charge in [-0.3, -0.25) is 14.4 Å². The summed E-state index contributed by atoms with van der Waals surface area (Å²) in [5, 5.41) is 2.96. The van der Waals surface area contributed by atoms with Crippen LogP contribution in [0.2, 0.25) is 5.02 Å². The molecule has 0 radical (unpaired) electrons. The number of imide groups is 1. The number of likely N-dealkylation sites (tertiary alicyclic amines) is 1. The minimum Gasteiger partial charge on any atom is -0.350 e. The average Bonchev–Trinajstić information content (AvgIpc) is 2.98. The second kappa shape index (κ2) is 8.50. The summed E-state index contributed by atoms with van der Waals surface area (Å²) in [6.45, 7) is 1.55. The Morgan fingerprint density at radius 1 is 0.867 bits per heavy atom. The van der Waals surface area contributed by atoms with Gasteiger partial charge >= 0.3 is 0 Å². The number of anilines is 2. The Morgan fingerprint density at radius 3 is 2.20 bits per heavy atom. The van der Waals surface area contributed by atoms with Gasteiger partial charge in [-0.1, -0.05) is 35.3 Å². The van der Waals surface area contributed by atoms with Crippen LogP contribution in [0.15, 0.2) is 59.3 Å². The Labute approximate surface area is 184 Å². The lowest BCUT2D eigenvalue weighted by atomic mass is 10.1. The SMILES string of the molecule is O=C(c1ccc(NC2=C(Cl)C(=O)N(c3ccccc3Cl)C2=O)cc1)N1CCCCC1. The van der Waals surface area contributed by atoms with Crippen molar-refractivity contribution in [1.29, 1.82) is 0 Å². The van der Waals surface area contributed by atoms with Gasteiger partial charge in [0, 0.05) is 24.3 Å². The molecule has 8 heteroatoms. The summed E-state index contributed by atoms with van der Waals surface area (Å²) < 4.78 is 0. The second-order valence-electron chi connectivity index (χ2n) is 7.14. The number of nitrogens with zero attached hydrogens (tertiary/aromatic N) is 2. The number of rotatable bonds is 4. The molecule has 0 aliphatic carbocycles. The summed E-state index contributed by atoms with van der Waals surface area (Å²) in [7, 11) is 0. The molecule has 2 heterocycles. The van der Waals surface area contributed by atoms with Crippen molar-refractivity contribution in [3.63, 3.8) is 0 Å². The van der Waals surface area contributed by atoms with E-state index in [0.717, 1.165) is 37.3 Å². The molecule has 0 saturated carbocycles. The van der Waals surface area contributed by atoms with Crippen LogP contribution in [-0.2, 0) is 9.59 Å². The van der Waals surface area contributed by atoms with Crippen molar-refractivity contribution in [2.45, 2.75) is 19.3 Å². The fourth-order valence-corrected chi connectivity index (χ4v) is 4.02. The van der Waals surface area contributed by atoms with Crippen molar-refractivity contribution in [3.05, 3.63) is 69.8 Å². The van der Waals surface area contributed by atoms with Gasteiger partial charge in [0.25, 0.3) is 17.7 Å². The first-order valence-corrected chi connectivity index (χ1v) is 10.4. The maximum atomic E-state index is 12.8. The number of amides is 3. The number of hydrogen-bond acceptors (Lipinski definition) is 4. The number of carbonyl (C=O) groups excluding carboxylic acids is 3. The smallest absolute Gasteiger partial charge is 0.283 e. The number of benzene rings is 2. The zero-order valence-electron chi connectivity index (χ0n) is 16.0. The van der Waals surface area contributed by atoms with E-state index in [1.807, 2.05) is 4.90 Å². The van der Waals surface area contributed by atoms with Gasteiger partial charge in [-0.25, -0.2) is 4.90 Å². The van der Waals surface area contributed by atoms with Gasteiger partial charge in [0.05, 0.1) is 10.7 Å². The third kappa shape index (κ3) is 3.80. The van der Waals surface area contributed by atoms with Gasteiger partial charge in [0.15, 0.2) is 0 Å². The van der Waals surface area contributed by atoms with Crippen LogP contribution in [-0.4, -0.2) is 35.7 Å². The van der Waals surface area contributed by atoms with Crippen molar-refractivity contribution in [3.8, 4) is 0 Å². The highest BCUT2D eigenvalue weighted by atomic mass is 35.5. The van der Waals surface area contributed by atoms with Crippen LogP contribution in [0, 0.1) is 0 Å². The minimum absolute atomic E-state index is 0.00415. The molecule has 2 aliphatic rings. The molecule has 0 aromatic heterocycles. The molecule has 2 aliphatic heterocycles. The van der Waals surface area contributed by atoms with E-state index < -0.39 is 11.8 Å². The molecule has 1 saturated heterocycles. The maximum absolute atomic E-state index is 12.8. The van der Waals surface area contributed by atoms with E-state index in [2.05, 4.69) is 5.32 Å². The predicted molar refractivity (Wildman–Crippen MR) is 117 cm³/mol. The van der Waals surface area contributed by atoms with E-state index in [1.165, 1.54) is 0 Å². The number of halogens is 2. The van der Waals surface area contributed by atoms with Crippen LogP contribution >= 0.6 is 23.2 Å². The highest BCUT2D eigenvalue weighted by Gasteiger charge is 2.39. The van der Waals surface area contributed by atoms with Crippen LogP contribution in [0.3, 0.4) is 0 Å². The van der Waals surface area contributed by atoms with E-state index in [0.29, 0.717) is 11.3 Å². The summed E-state index contributed by atoms with van der Waals surface area (Å²) in [4.78, 5) is 40.8. The van der Waals surface area contributed by atoms with E-state index in [-0.39, 0.29) is 27.3 Å². The third-order valence-corrected chi connectivity index (χ3v) is 5.84. The molecular weight excluding hydrogens is 425 g/mol. The van der Waals surface area contributed by atoms with E-state index >= 15 is 0 Å². The standard InChI is InChI=1S/C22H19Cl2N3O3/c23-16-6-2-3-7-17(16)27-21(29)18(24)19(22(27)30)25-15-10-8-14(9-11-15)20(28)26-12-4-1-5-13-26/h2-3,6-11,25H,1,4-5,12-13H2. The molecule has 4 rings (SSSR count). The lowest BCUT2D eigenvalue weighted by Crippen LogP contribution is -2.35. The minimum atomic E-state index is -0.644. The number of piperidine rings is 1. The van der Waals surface area contributed by atoms with Crippen molar-refractivity contribution in [1.82, 2.24) is 4.90 Å². The van der Waals surface area contributed by atoms with E-state index in [9.17, 15) is 14.4 Å². The molecule has 0 atom stereocenters. The third-order valence-electron chi connectivity index (χ3n) is 5.17. The van der Waals surface area contributed by atoms with Crippen LogP contribution in [0.4, 0.5) is 11.4 Å². The first-order valence-electron chi connectivity index (χ1n) is 9.67. The number of nitrogens with one attached hydrogen (secondary N) is 1. The molecule has 2 aromatic carbocycles. The van der Waals surface area contributed by atoms with Crippen LogP contribution in [0.1, 0.15) is 29.6 Å². The fourth-order valence-electron chi connectivity index (χ4n) is 3.58. The Hall–Kier alpha value is -2.83. The van der Waals surface area contributed by atoms with Crippen LogP contribution in [0.5, 0.6) is 0 Å². The molecule has 0 bridgehead atoms. The van der Waals surface area contributed by atoms with Gasteiger partial charge in [0.2, 0.25) is 0 Å². The lowest BCUT2D eigenvalue weighted by molar-refractivity contribution is -0.120. The summed E-state index contributed by atoms with van der Waals surface area (Å²) in [5.41, 5.74) is 1.36. The Morgan fingerprint density at radius 2 is 1.53 bits per heavy atom. The van der Waals surface area contributed by atoms with Crippen molar-refractivity contribution >= 4 is 52.3 Å². The highest BCUT2D eigenvalue weighted by molar-refractivity contribution is 6.53. The van der Waals surface area contributed by atoms with Crippen molar-refractivity contribution in [2.75, 3.05) is 23.3 Å². The van der Waals surface area contributed by atoms with Gasteiger partial charge in [-0.15, -0.1) is 0 Å². The molecule has 1 fully saturated rings. The van der Waals surface area contributed by atoms with E-state index in [4.69, 9.17) is 23.2 Å². The average molecular weight is 444 g/mol. The Balaban J connectivity index is 1.51. The molecule has 1 N–H and O–H groups in total. The van der Waals surface area contributed by atoms with Gasteiger partial charge in [0.1, 0.15) is 10.7 Å². The largest absolute Gasteiger partial charge is 0.350 e. The van der Waals surface area contributed by atoms with Crippen LogP contribution < -0.4 is 10.2 Å². The van der Waals surface area contributed by atoms with Gasteiger partial charge in [-0.05, 0) is 55.7 Å². The van der Waals surface area contributed by atoms with Gasteiger partial charge < -0.3 is 10.2 Å². The van der Waals surface area contributed by atoms with Crippen molar-refractivity contribution < 1.29 is 14.4 Å². The Kier molecular flexibility index (Phi) is 5.79. The first kappa shape index (κ1) is 20.4. The van der Waals surface area contributed by atoms with E-state index in [1.54, 1.807) is 48.5 Å². The monoisotopic (exact) mass is 443 g/mol. The molecule has 2 aromatic rings. The summed E-state index contributed by atoms with van der Waals surface area (Å²) in [6, 6.07) is 13.3. The number of hydrogen-bond donors (Lipinski definition) is 1. The van der Waals surface area contributed by atoms with Crippen molar-refractivity contribution in [2.24, 2.45) is 0 Å². The molecule has 0 spiro atoms. The molecule has 6 nitrogen and oxygen atoms in total. The zero-order chi connectivity index (χ0) is 21.3. The highest BCUT2D eigenvalue weighted by Crippen LogP contribution is 2.34. The number of para-hydroxylation sites is 1. The molecule has 3 amide bonds. The summed E-state index contributed by atoms with van der Waals surface area (Å²) >= 11 is 12.3. The van der Waals surface area contributed by atoms with Gasteiger partial charge in [-0.2, -0.15) is 0 Å². The summed E-state index contributed by atoms with van der Waals surface area (Å²) in [6.07, 6.45) is 3.20. The number of carbonyl (C=O) groups is 3. The zero-order valence-corrected chi connectivity index (χ0v) is 17.5. The predicted octanol–water partition coefficient (Wildman–Crippen LogP) is 4.40. The quantitative estimate of drug-likeness (QED) is 0.710. The summed E-state index contributed by atoms with van der Waals surface area (Å²) in [5.74, 6) is -1.24. The topological polar surface area (TPSA) is 69.7 Å².